The van der Waals surface area contributed by atoms with Gasteiger partial charge in [-0.05, 0) is 31.2 Å². The Kier molecular flexibility index (Phi) is 13.9. The number of phenols is 1. The summed E-state index contributed by atoms with van der Waals surface area (Å²) < 4.78 is 0. The van der Waals surface area contributed by atoms with Crippen molar-refractivity contribution in [3.8, 4) is 5.75 Å². The smallest absolute Gasteiger partial charge is 0.134 e. The first-order valence-corrected chi connectivity index (χ1v) is 6.12. The van der Waals surface area contributed by atoms with E-state index in [-0.39, 0.29) is 17.8 Å². The first-order chi connectivity index (χ1) is 8.61. The van der Waals surface area contributed by atoms with E-state index < -0.39 is 0 Å². The Balaban J connectivity index is 0. The van der Waals surface area contributed by atoms with Crippen molar-refractivity contribution in [3.05, 3.63) is 64.6 Å². The van der Waals surface area contributed by atoms with Crippen molar-refractivity contribution in [1.82, 2.24) is 0 Å². The highest BCUT2D eigenvalue weighted by molar-refractivity contribution is 6.32. The minimum Gasteiger partial charge on any atom is -0.506 e. The average molecular weight is 305 g/mol. The molecule has 0 radical (unpaired) electrons. The predicted octanol–water partition coefficient (Wildman–Crippen LogP) is 3.56. The molecule has 106 valence electrons. The van der Waals surface area contributed by atoms with Crippen molar-refractivity contribution in [2.45, 2.75) is 6.92 Å². The number of hydrogen-bond donors (Lipinski definition) is 2. The van der Waals surface area contributed by atoms with E-state index in [2.05, 4.69) is 0 Å². The second kappa shape index (κ2) is 13.2. The molecule has 0 saturated heterocycles. The van der Waals surface area contributed by atoms with Crippen LogP contribution in [0.15, 0.2) is 54.6 Å². The zero-order chi connectivity index (χ0) is 13.8. The van der Waals surface area contributed by atoms with Gasteiger partial charge in [0, 0.05) is 11.6 Å². The molecule has 0 unspecified atom stereocenters. The van der Waals surface area contributed by atoms with Crippen molar-refractivity contribution in [2.24, 2.45) is 0 Å². The van der Waals surface area contributed by atoms with Crippen molar-refractivity contribution in [3.63, 3.8) is 0 Å². The van der Waals surface area contributed by atoms with Crippen LogP contribution in [0.1, 0.15) is 6.92 Å². The van der Waals surface area contributed by atoms with Gasteiger partial charge in [-0.15, -0.1) is 0 Å². The van der Waals surface area contributed by atoms with Crippen molar-refractivity contribution >= 4 is 23.2 Å². The zero-order valence-corrected chi connectivity index (χ0v) is 12.1. The maximum Gasteiger partial charge on any atom is 0.134 e. The normalized spacial score (nSPS) is 8.00. The van der Waals surface area contributed by atoms with E-state index in [1.807, 2.05) is 30.3 Å². The van der Waals surface area contributed by atoms with E-state index in [4.69, 9.17) is 33.4 Å². The molecule has 2 rings (SSSR count). The molecule has 0 amide bonds. The average Bonchev–Trinajstić information content (AvgIpc) is 2.36. The van der Waals surface area contributed by atoms with Crippen LogP contribution in [0.3, 0.4) is 0 Å². The van der Waals surface area contributed by atoms with Crippen molar-refractivity contribution in [1.29, 1.82) is 0 Å². The zero-order valence-electron chi connectivity index (χ0n) is 10.6. The molecule has 0 aliphatic rings. The molecule has 4 N–H and O–H groups in total. The fourth-order valence-corrected chi connectivity index (χ4v) is 1.15. The third kappa shape index (κ3) is 11.6. The van der Waals surface area contributed by atoms with Crippen LogP contribution in [-0.2, 0) is 0 Å². The molecule has 0 aromatic heterocycles. The lowest BCUT2D eigenvalue weighted by atomic mass is 10.3. The first-order valence-electron chi connectivity index (χ1n) is 5.36. The Morgan fingerprint density at radius 3 is 1.58 bits per heavy atom. The Morgan fingerprint density at radius 1 is 0.895 bits per heavy atom. The topological polar surface area (TPSA) is 72.0 Å². The molecule has 0 spiro atoms. The Hall–Kier alpha value is -1.26. The number of aromatic hydroxyl groups is 1. The summed E-state index contributed by atoms with van der Waals surface area (Å²) in [6.07, 6.45) is 0. The number of aliphatic hydroxyl groups excluding tert-OH is 1. The van der Waals surface area contributed by atoms with Crippen LogP contribution in [-0.4, -0.2) is 22.3 Å². The van der Waals surface area contributed by atoms with E-state index >= 15 is 0 Å². The molecule has 0 heterocycles. The summed E-state index contributed by atoms with van der Waals surface area (Å²) in [5.74, 6) is 0.133. The van der Waals surface area contributed by atoms with Crippen molar-refractivity contribution in [2.75, 3.05) is 6.61 Å². The second-order valence-electron chi connectivity index (χ2n) is 3.06. The molecule has 0 aliphatic carbocycles. The van der Waals surface area contributed by atoms with Crippen LogP contribution >= 0.6 is 23.2 Å². The molecule has 19 heavy (non-hydrogen) atoms. The largest absolute Gasteiger partial charge is 0.506 e. The predicted molar refractivity (Wildman–Crippen MR) is 80.9 cm³/mol. The minimum atomic E-state index is 0. The van der Waals surface area contributed by atoms with Gasteiger partial charge in [0.2, 0.25) is 0 Å². The Labute approximate surface area is 123 Å². The van der Waals surface area contributed by atoms with E-state index in [0.717, 1.165) is 5.02 Å². The van der Waals surface area contributed by atoms with Crippen LogP contribution in [0.4, 0.5) is 0 Å². The summed E-state index contributed by atoms with van der Waals surface area (Å²) in [7, 11) is 0. The monoisotopic (exact) mass is 304 g/mol. The Morgan fingerprint density at radius 2 is 1.32 bits per heavy atom. The van der Waals surface area contributed by atoms with E-state index in [9.17, 15) is 0 Å². The summed E-state index contributed by atoms with van der Waals surface area (Å²) in [5, 5.41) is 17.5. The molecular weight excluding hydrogens is 287 g/mol. The summed E-state index contributed by atoms with van der Waals surface area (Å²) in [6, 6.07) is 16.1. The highest BCUT2D eigenvalue weighted by Crippen LogP contribution is 2.20. The van der Waals surface area contributed by atoms with Gasteiger partial charge in [0.05, 0.1) is 5.02 Å². The molecule has 5 heteroatoms. The molecule has 0 bridgehead atoms. The Bertz CT molecular complexity index is 401. The van der Waals surface area contributed by atoms with E-state index in [0.29, 0.717) is 5.02 Å². The fraction of sp³-hybridized carbons (Fsp3) is 0.143. The van der Waals surface area contributed by atoms with Crippen LogP contribution < -0.4 is 0 Å². The highest BCUT2D eigenvalue weighted by atomic mass is 35.5. The number of phenolic OH excluding ortho intramolecular Hbond substituents is 1. The second-order valence-corrected chi connectivity index (χ2v) is 3.91. The van der Waals surface area contributed by atoms with Crippen LogP contribution in [0.5, 0.6) is 5.75 Å². The van der Waals surface area contributed by atoms with Gasteiger partial charge < -0.3 is 15.7 Å². The van der Waals surface area contributed by atoms with Gasteiger partial charge in [0.25, 0.3) is 0 Å². The number of hydrogen-bond acceptors (Lipinski definition) is 2. The lowest BCUT2D eigenvalue weighted by Gasteiger charge is -1.89. The molecule has 2 aromatic rings. The number of halogens is 2. The molecule has 0 fully saturated rings. The number of para-hydroxylation sites is 1. The first kappa shape index (κ1) is 20.1. The summed E-state index contributed by atoms with van der Waals surface area (Å²) in [4.78, 5) is 0. The molecule has 0 atom stereocenters. The molecular formula is C14H18Cl2O3. The number of benzene rings is 2. The SMILES string of the molecule is CCO.Clc1ccccc1.O.Oc1ccccc1Cl. The molecule has 3 nitrogen and oxygen atoms in total. The van der Waals surface area contributed by atoms with Gasteiger partial charge >= 0.3 is 0 Å². The van der Waals surface area contributed by atoms with Crippen molar-refractivity contribution < 1.29 is 15.7 Å². The van der Waals surface area contributed by atoms with Gasteiger partial charge in [0.1, 0.15) is 5.75 Å². The number of aliphatic hydroxyl groups is 1. The third-order valence-electron chi connectivity index (χ3n) is 1.59. The van der Waals surface area contributed by atoms with Gasteiger partial charge in [-0.25, -0.2) is 0 Å². The summed E-state index contributed by atoms with van der Waals surface area (Å²) in [5.41, 5.74) is 0. The maximum absolute atomic E-state index is 8.79. The van der Waals surface area contributed by atoms with Crippen LogP contribution in [0, 0.1) is 0 Å². The van der Waals surface area contributed by atoms with Crippen LogP contribution in [0.25, 0.3) is 0 Å². The van der Waals surface area contributed by atoms with Crippen LogP contribution in [0.2, 0.25) is 10.0 Å². The minimum absolute atomic E-state index is 0. The van der Waals surface area contributed by atoms with E-state index in [1.54, 1.807) is 31.2 Å². The van der Waals surface area contributed by atoms with Gasteiger partial charge in [0.15, 0.2) is 0 Å². The number of rotatable bonds is 0. The molecule has 2 aromatic carbocycles. The lowest BCUT2D eigenvalue weighted by Crippen LogP contribution is -1.62. The third-order valence-corrected chi connectivity index (χ3v) is 2.16. The van der Waals surface area contributed by atoms with Gasteiger partial charge in [-0.1, -0.05) is 53.5 Å². The lowest BCUT2D eigenvalue weighted by molar-refractivity contribution is 0.318. The standard InChI is InChI=1S/C6H5ClO.C6H5Cl.C2H6O.H2O/c7-5-3-1-2-4-6(5)8;7-6-4-2-1-3-5-6;1-2-3;/h1-4,8H;1-5H;3H,2H2,1H3;1H2. The van der Waals surface area contributed by atoms with Gasteiger partial charge in [-0.3, -0.25) is 0 Å². The summed E-state index contributed by atoms with van der Waals surface area (Å²) >= 11 is 11.0. The fourth-order valence-electron chi connectivity index (χ4n) is 0.866. The maximum atomic E-state index is 8.79. The molecule has 0 saturated carbocycles. The highest BCUT2D eigenvalue weighted by Gasteiger charge is 1.89. The summed E-state index contributed by atoms with van der Waals surface area (Å²) in [6.45, 7) is 1.93. The van der Waals surface area contributed by atoms with Gasteiger partial charge in [-0.2, -0.15) is 0 Å². The molecule has 0 aliphatic heterocycles. The quantitative estimate of drug-likeness (QED) is 0.781. The van der Waals surface area contributed by atoms with E-state index in [1.165, 1.54) is 0 Å².